The molecule has 35 heavy (non-hydrogen) atoms. The number of benzene rings is 3. The van der Waals surface area contributed by atoms with Crippen molar-refractivity contribution in [1.29, 1.82) is 0 Å². The Labute approximate surface area is 213 Å². The zero-order valence-electron chi connectivity index (χ0n) is 19.1. The van der Waals surface area contributed by atoms with Crippen LogP contribution in [0.2, 0.25) is 0 Å². The van der Waals surface area contributed by atoms with E-state index in [0.717, 1.165) is 33.2 Å². The van der Waals surface area contributed by atoms with Gasteiger partial charge in [0.05, 0.1) is 23.0 Å². The van der Waals surface area contributed by atoms with Gasteiger partial charge in [-0.05, 0) is 37.1 Å². The molecule has 5 rings (SSSR count). The second-order valence-corrected chi connectivity index (χ2v) is 7.42. The van der Waals surface area contributed by atoms with Crippen molar-refractivity contribution in [3.8, 4) is 0 Å². The summed E-state index contributed by atoms with van der Waals surface area (Å²) in [5, 5.41) is 22.5. The molecular weight excluding hydrogens is 483 g/mol. The number of rotatable bonds is 2. The van der Waals surface area contributed by atoms with Gasteiger partial charge in [-0.15, -0.1) is 0 Å². The van der Waals surface area contributed by atoms with Gasteiger partial charge in [-0.2, -0.15) is 0 Å². The molecule has 0 aliphatic carbocycles. The number of nitrogens with zero attached hydrogens (tertiary/aromatic N) is 2. The predicted molar refractivity (Wildman–Crippen MR) is 128 cm³/mol. The fraction of sp³-hybridized carbons (Fsp3) is 0.0714. The molecule has 1 radical (unpaired) electrons. The van der Waals surface area contributed by atoms with E-state index < -0.39 is 11.9 Å². The van der Waals surface area contributed by atoms with Crippen LogP contribution in [0, 0.1) is 13.8 Å². The number of aromatic nitrogens is 2. The summed E-state index contributed by atoms with van der Waals surface area (Å²) in [5.74, 6) is -2.26. The molecule has 7 heteroatoms. The second kappa shape index (κ2) is 13.0. The average Bonchev–Trinajstić information content (AvgIpc) is 2.86. The van der Waals surface area contributed by atoms with Gasteiger partial charge in [0.15, 0.2) is 0 Å². The maximum atomic E-state index is 10.1. The van der Waals surface area contributed by atoms with E-state index in [1.165, 1.54) is 24.3 Å². The summed E-state index contributed by atoms with van der Waals surface area (Å²) in [6.07, 6.45) is 0. The molecule has 175 valence electrons. The van der Waals surface area contributed by atoms with Gasteiger partial charge in [0.2, 0.25) is 0 Å². The van der Waals surface area contributed by atoms with E-state index in [0.29, 0.717) is 0 Å². The van der Waals surface area contributed by atoms with Crippen LogP contribution in [0.4, 0.5) is 0 Å². The van der Waals surface area contributed by atoms with Gasteiger partial charge in [-0.25, -0.2) is 0 Å². The van der Waals surface area contributed by atoms with Crippen molar-refractivity contribution in [3.63, 3.8) is 0 Å². The molecule has 0 saturated carbocycles. The smallest absolute Gasteiger partial charge is 0.545 e. The summed E-state index contributed by atoms with van der Waals surface area (Å²) >= 11 is 0. The summed E-state index contributed by atoms with van der Waals surface area (Å²) in [6.45, 7) is 4.02. The summed E-state index contributed by atoms with van der Waals surface area (Å²) in [7, 11) is 0. The standard InChI is InChI=1S/C14H12N2.2C7H6O2.Mn/c1-9-3-5-11-7-8-12-6-4-10(2)16-14(12)13(11)15-9;2*8-7(9)6-4-2-1-3-5-6;/h3-8H,1-2H3;2*1-5H,(H,8,9);/q;;;+2/p-2. The normalized spacial score (nSPS) is 9.66. The number of carboxylic acid groups (broad SMARTS) is 2. The molecule has 5 aromatic rings. The zero-order valence-corrected chi connectivity index (χ0v) is 20.3. The molecule has 0 spiro atoms. The molecule has 0 N–H and O–H groups in total. The Morgan fingerprint density at radius 3 is 1.14 bits per heavy atom. The Kier molecular flexibility index (Phi) is 10.1. The van der Waals surface area contributed by atoms with Gasteiger partial charge in [-0.1, -0.05) is 84.9 Å². The number of fused-ring (bicyclic) bond motifs is 3. The summed E-state index contributed by atoms with van der Waals surface area (Å²) < 4.78 is 0. The Bertz CT molecular complexity index is 1310. The number of aromatic carboxylic acids is 2. The number of hydrogen-bond acceptors (Lipinski definition) is 6. The molecule has 2 aromatic heterocycles. The van der Waals surface area contributed by atoms with Gasteiger partial charge >= 0.3 is 17.1 Å². The largest absolute Gasteiger partial charge is 2.00 e. The van der Waals surface area contributed by atoms with Gasteiger partial charge in [0.1, 0.15) is 0 Å². The van der Waals surface area contributed by atoms with Crippen molar-refractivity contribution < 1.29 is 36.9 Å². The van der Waals surface area contributed by atoms with Crippen LogP contribution >= 0.6 is 0 Å². The van der Waals surface area contributed by atoms with E-state index in [-0.39, 0.29) is 28.2 Å². The topological polar surface area (TPSA) is 106 Å². The molecule has 0 fully saturated rings. The summed E-state index contributed by atoms with van der Waals surface area (Å²) in [4.78, 5) is 29.3. The van der Waals surface area contributed by atoms with Crippen LogP contribution in [-0.2, 0) is 17.1 Å². The third kappa shape index (κ3) is 7.74. The van der Waals surface area contributed by atoms with E-state index in [4.69, 9.17) is 0 Å². The van der Waals surface area contributed by atoms with E-state index in [9.17, 15) is 19.8 Å². The molecule has 6 nitrogen and oxygen atoms in total. The molecule has 0 amide bonds. The minimum absolute atomic E-state index is 0. The third-order valence-corrected chi connectivity index (χ3v) is 4.82. The molecule has 0 atom stereocenters. The molecule has 0 bridgehead atoms. The Morgan fingerprint density at radius 1 is 0.543 bits per heavy atom. The van der Waals surface area contributed by atoms with Crippen LogP contribution in [0.15, 0.2) is 97.1 Å². The van der Waals surface area contributed by atoms with Crippen molar-refractivity contribution in [2.45, 2.75) is 13.8 Å². The van der Waals surface area contributed by atoms with Crippen molar-refractivity contribution in [1.82, 2.24) is 9.97 Å². The summed E-state index contributed by atoms with van der Waals surface area (Å²) in [6, 6.07) is 28.6. The number of hydrogen-bond donors (Lipinski definition) is 0. The molecular formula is C28H22MnN2O4. The third-order valence-electron chi connectivity index (χ3n) is 4.82. The van der Waals surface area contributed by atoms with E-state index in [1.807, 2.05) is 26.0 Å². The quantitative estimate of drug-likeness (QED) is 0.269. The maximum Gasteiger partial charge on any atom is 2.00 e. The van der Waals surface area contributed by atoms with Crippen LogP contribution in [0.25, 0.3) is 21.8 Å². The molecule has 0 unspecified atom stereocenters. The van der Waals surface area contributed by atoms with Crippen LogP contribution in [0.5, 0.6) is 0 Å². The molecule has 0 aliphatic rings. The van der Waals surface area contributed by atoms with Crippen LogP contribution in [0.3, 0.4) is 0 Å². The van der Waals surface area contributed by atoms with Crippen LogP contribution in [-0.4, -0.2) is 21.9 Å². The number of pyridine rings is 2. The molecule has 2 heterocycles. The van der Waals surface area contributed by atoms with E-state index in [2.05, 4.69) is 34.2 Å². The van der Waals surface area contributed by atoms with Gasteiger partial charge in [0, 0.05) is 22.2 Å². The number of carboxylic acids is 2. The molecule has 3 aromatic carbocycles. The minimum Gasteiger partial charge on any atom is -0.545 e. The van der Waals surface area contributed by atoms with Crippen molar-refractivity contribution in [2.75, 3.05) is 0 Å². The van der Waals surface area contributed by atoms with Crippen molar-refractivity contribution >= 4 is 33.7 Å². The Morgan fingerprint density at radius 2 is 0.857 bits per heavy atom. The second-order valence-electron chi connectivity index (χ2n) is 7.42. The average molecular weight is 505 g/mol. The first-order valence-electron chi connectivity index (χ1n) is 10.5. The van der Waals surface area contributed by atoms with E-state index >= 15 is 0 Å². The van der Waals surface area contributed by atoms with Gasteiger partial charge in [-0.3, -0.25) is 9.97 Å². The number of carbonyl (C=O) groups is 2. The Hall–Kier alpha value is -4.06. The maximum absolute atomic E-state index is 10.1. The first-order valence-corrected chi connectivity index (χ1v) is 10.5. The van der Waals surface area contributed by atoms with Gasteiger partial charge in [0.25, 0.3) is 0 Å². The Balaban J connectivity index is 0.000000197. The van der Waals surface area contributed by atoms with Crippen molar-refractivity contribution in [2.24, 2.45) is 0 Å². The first-order chi connectivity index (χ1) is 16.3. The SMILES string of the molecule is Cc1ccc2ccc3ccc(C)nc3c2n1.O=C([O-])c1ccccc1.O=C([O-])c1ccccc1.[Mn+2]. The first kappa shape index (κ1) is 27.2. The molecule has 0 aliphatic heterocycles. The number of aryl methyl sites for hydroxylation is 2. The zero-order chi connectivity index (χ0) is 24.5. The van der Waals surface area contributed by atoms with Gasteiger partial charge < -0.3 is 19.8 Å². The summed E-state index contributed by atoms with van der Waals surface area (Å²) in [5.41, 5.74) is 4.50. The number of carbonyl (C=O) groups excluding carboxylic acids is 2. The van der Waals surface area contributed by atoms with Crippen LogP contribution < -0.4 is 10.2 Å². The van der Waals surface area contributed by atoms with E-state index in [1.54, 1.807) is 36.4 Å². The monoisotopic (exact) mass is 505 g/mol. The molecule has 0 saturated heterocycles. The fourth-order valence-electron chi connectivity index (χ4n) is 3.11. The van der Waals surface area contributed by atoms with Crippen molar-refractivity contribution in [3.05, 3.63) is 120 Å². The van der Waals surface area contributed by atoms with Crippen LogP contribution in [0.1, 0.15) is 32.1 Å². The minimum atomic E-state index is -1.13. The predicted octanol–water partition coefficient (Wildman–Crippen LogP) is 3.50. The fourth-order valence-corrected chi connectivity index (χ4v) is 3.11.